The molecular weight excluding hydrogens is 156 g/mol. The topological polar surface area (TPSA) is 62.2 Å². The van der Waals surface area contributed by atoms with Gasteiger partial charge in [-0.2, -0.15) is 0 Å². The maximum atomic E-state index is 10.7. The molecule has 0 aliphatic rings. The number of amides is 1. The third kappa shape index (κ3) is 2.42. The molecule has 0 aliphatic heterocycles. The van der Waals surface area contributed by atoms with Gasteiger partial charge >= 0.3 is 6.09 Å². The summed E-state index contributed by atoms with van der Waals surface area (Å²) in [7, 11) is 0. The van der Waals surface area contributed by atoms with E-state index in [-0.39, 0.29) is 0 Å². The molecule has 0 bridgehead atoms. The van der Waals surface area contributed by atoms with Crippen LogP contribution in [0.15, 0.2) is 30.3 Å². The quantitative estimate of drug-likeness (QED) is 0.391. The second-order valence-corrected chi connectivity index (χ2v) is 1.95. The van der Waals surface area contributed by atoms with Gasteiger partial charge in [-0.3, -0.25) is 10.7 Å². The summed E-state index contributed by atoms with van der Waals surface area (Å²) in [5, 5.41) is 8.39. The number of carbonyl (C=O) groups is 1. The van der Waals surface area contributed by atoms with Gasteiger partial charge in [0.25, 0.3) is 0 Å². The van der Waals surface area contributed by atoms with Crippen molar-refractivity contribution in [3.63, 3.8) is 0 Å². The van der Waals surface area contributed by atoms with E-state index < -0.39 is 6.09 Å². The molecule has 4 nitrogen and oxygen atoms in total. The van der Waals surface area contributed by atoms with Crippen molar-refractivity contribution in [3.05, 3.63) is 30.3 Å². The van der Waals surface area contributed by atoms with Gasteiger partial charge in [0.15, 0.2) is 6.34 Å². The molecular formula is C8H7N2O2. The smallest absolute Gasteiger partial charge is 0.410 e. The maximum absolute atomic E-state index is 10.7. The number of rotatable bonds is 2. The molecule has 1 radical (unpaired) electrons. The summed E-state index contributed by atoms with van der Waals surface area (Å²) in [4.78, 5) is 10.7. The van der Waals surface area contributed by atoms with Crippen molar-refractivity contribution in [1.29, 1.82) is 5.41 Å². The third-order valence-corrected chi connectivity index (χ3v) is 1.12. The second kappa shape index (κ2) is 4.12. The first-order valence-corrected chi connectivity index (χ1v) is 3.27. The lowest BCUT2D eigenvalue weighted by Crippen LogP contribution is -2.24. The fourth-order valence-electron chi connectivity index (χ4n) is 0.672. The number of ether oxygens (including phenoxy) is 1. The lowest BCUT2D eigenvalue weighted by molar-refractivity contribution is 0.206. The number of carbonyl (C=O) groups excluding carboxylic acids is 1. The largest absolute Gasteiger partial charge is 0.418 e. The summed E-state index contributed by atoms with van der Waals surface area (Å²) in [6, 6.07) is 8.59. The fraction of sp³-hybridized carbons (Fsp3) is 0. The highest BCUT2D eigenvalue weighted by Crippen LogP contribution is 2.07. The molecule has 0 heterocycles. The highest BCUT2D eigenvalue weighted by molar-refractivity contribution is 5.82. The Morgan fingerprint density at radius 2 is 2.08 bits per heavy atom. The molecule has 0 unspecified atom stereocenters. The normalized spacial score (nSPS) is 8.67. The molecule has 0 saturated heterocycles. The van der Waals surface area contributed by atoms with E-state index in [1.54, 1.807) is 30.6 Å². The van der Waals surface area contributed by atoms with Crippen LogP contribution in [0.1, 0.15) is 0 Å². The monoisotopic (exact) mass is 163 g/mol. The van der Waals surface area contributed by atoms with Crippen LogP contribution in [0, 0.1) is 5.41 Å². The highest BCUT2D eigenvalue weighted by Gasteiger charge is 1.99. The number of nitrogens with one attached hydrogen (secondary N) is 2. The van der Waals surface area contributed by atoms with E-state index in [1.165, 1.54) is 0 Å². The Kier molecular flexibility index (Phi) is 2.84. The van der Waals surface area contributed by atoms with Gasteiger partial charge in [0, 0.05) is 0 Å². The summed E-state index contributed by atoms with van der Waals surface area (Å²) in [5.74, 6) is 0.435. The molecule has 1 aromatic carbocycles. The van der Waals surface area contributed by atoms with Crippen molar-refractivity contribution in [3.8, 4) is 5.75 Å². The molecule has 1 rings (SSSR count). The van der Waals surface area contributed by atoms with E-state index in [0.717, 1.165) is 0 Å². The van der Waals surface area contributed by atoms with Gasteiger partial charge in [-0.1, -0.05) is 18.2 Å². The Bertz CT molecular complexity index is 272. The Labute approximate surface area is 69.7 Å². The molecule has 0 atom stereocenters. The van der Waals surface area contributed by atoms with Gasteiger partial charge in [-0.15, -0.1) is 0 Å². The Morgan fingerprint density at radius 1 is 1.42 bits per heavy atom. The van der Waals surface area contributed by atoms with Crippen molar-refractivity contribution in [2.45, 2.75) is 0 Å². The first kappa shape index (κ1) is 8.26. The number of hydrogen-bond acceptors (Lipinski definition) is 3. The molecule has 0 spiro atoms. The van der Waals surface area contributed by atoms with E-state index in [0.29, 0.717) is 5.75 Å². The number of para-hydroxylation sites is 1. The first-order chi connectivity index (χ1) is 5.83. The summed E-state index contributed by atoms with van der Waals surface area (Å²) in [6.07, 6.45) is 1.00. The zero-order valence-corrected chi connectivity index (χ0v) is 6.20. The van der Waals surface area contributed by atoms with E-state index in [2.05, 4.69) is 0 Å². The van der Waals surface area contributed by atoms with Gasteiger partial charge < -0.3 is 4.74 Å². The number of benzene rings is 1. The minimum Gasteiger partial charge on any atom is -0.410 e. The van der Waals surface area contributed by atoms with Crippen molar-refractivity contribution in [2.24, 2.45) is 0 Å². The highest BCUT2D eigenvalue weighted by atomic mass is 16.5. The van der Waals surface area contributed by atoms with Gasteiger partial charge in [0.1, 0.15) is 5.75 Å². The second-order valence-electron chi connectivity index (χ2n) is 1.95. The van der Waals surface area contributed by atoms with Crippen LogP contribution in [0.4, 0.5) is 4.79 Å². The minimum atomic E-state index is -0.712. The summed E-state index contributed by atoms with van der Waals surface area (Å²) in [6.45, 7) is 0. The predicted molar refractivity (Wildman–Crippen MR) is 43.3 cm³/mol. The zero-order valence-electron chi connectivity index (χ0n) is 6.20. The van der Waals surface area contributed by atoms with Crippen LogP contribution in [0.3, 0.4) is 0 Å². The molecule has 61 valence electrons. The molecule has 0 aliphatic carbocycles. The average Bonchev–Trinajstić information content (AvgIpc) is 2.06. The van der Waals surface area contributed by atoms with E-state index in [1.807, 2.05) is 11.4 Å². The molecule has 1 amide bonds. The molecule has 1 aromatic rings. The van der Waals surface area contributed by atoms with Crippen molar-refractivity contribution < 1.29 is 9.53 Å². The van der Waals surface area contributed by atoms with Crippen molar-refractivity contribution >= 4 is 12.4 Å². The van der Waals surface area contributed by atoms with Gasteiger partial charge in [0.05, 0.1) is 0 Å². The van der Waals surface area contributed by atoms with Crippen LogP contribution in [-0.2, 0) is 0 Å². The molecule has 12 heavy (non-hydrogen) atoms. The van der Waals surface area contributed by atoms with Crippen LogP contribution in [0.2, 0.25) is 0 Å². The predicted octanol–water partition coefficient (Wildman–Crippen LogP) is 1.26. The van der Waals surface area contributed by atoms with Gasteiger partial charge in [0.2, 0.25) is 0 Å². The molecule has 4 heteroatoms. The average molecular weight is 163 g/mol. The summed E-state index contributed by atoms with van der Waals surface area (Å²) >= 11 is 0. The minimum absolute atomic E-state index is 0.435. The molecule has 0 saturated carbocycles. The Balaban J connectivity index is 2.52. The fourth-order valence-corrected chi connectivity index (χ4v) is 0.672. The Hall–Kier alpha value is -1.84. The van der Waals surface area contributed by atoms with Crippen LogP contribution in [-0.4, -0.2) is 12.4 Å². The third-order valence-electron chi connectivity index (χ3n) is 1.12. The maximum Gasteiger partial charge on any atom is 0.418 e. The van der Waals surface area contributed by atoms with E-state index in [9.17, 15) is 4.79 Å². The summed E-state index contributed by atoms with van der Waals surface area (Å²) < 4.78 is 4.72. The molecule has 0 aromatic heterocycles. The van der Waals surface area contributed by atoms with Crippen LogP contribution >= 0.6 is 0 Å². The van der Waals surface area contributed by atoms with E-state index in [4.69, 9.17) is 10.1 Å². The number of hydrogen-bond donors (Lipinski definition) is 2. The Morgan fingerprint density at radius 3 is 2.67 bits per heavy atom. The summed E-state index contributed by atoms with van der Waals surface area (Å²) in [5.41, 5.74) is 0. The lowest BCUT2D eigenvalue weighted by atomic mass is 10.3. The standard InChI is InChI=1S/C8H7N2O2/c9-6-10-8(11)12-7-4-2-1-3-5-7/h1-5H,(H2,9,10,11). The van der Waals surface area contributed by atoms with E-state index >= 15 is 0 Å². The van der Waals surface area contributed by atoms with Gasteiger partial charge in [-0.05, 0) is 12.1 Å². The van der Waals surface area contributed by atoms with Crippen LogP contribution < -0.4 is 10.1 Å². The molecule has 0 fully saturated rings. The van der Waals surface area contributed by atoms with Crippen molar-refractivity contribution in [2.75, 3.05) is 0 Å². The molecule has 2 N–H and O–H groups in total. The van der Waals surface area contributed by atoms with Gasteiger partial charge in [-0.25, -0.2) is 4.79 Å². The van der Waals surface area contributed by atoms with Crippen molar-refractivity contribution in [1.82, 2.24) is 5.32 Å². The lowest BCUT2D eigenvalue weighted by Gasteiger charge is -2.00. The SMILES string of the molecule is N=[C]NC(=O)Oc1ccccc1. The van der Waals surface area contributed by atoms with Crippen LogP contribution in [0.5, 0.6) is 5.75 Å². The van der Waals surface area contributed by atoms with Crippen LogP contribution in [0.25, 0.3) is 0 Å². The first-order valence-electron chi connectivity index (χ1n) is 3.27. The zero-order chi connectivity index (χ0) is 8.81.